The van der Waals surface area contributed by atoms with E-state index in [9.17, 15) is 4.79 Å². The Hall–Kier alpha value is -1.55. The van der Waals surface area contributed by atoms with Crippen LogP contribution in [-0.4, -0.2) is 41.7 Å². The maximum atomic E-state index is 10.8. The summed E-state index contributed by atoms with van der Waals surface area (Å²) < 4.78 is 5.78. The largest absolute Gasteiger partial charge is 0.492 e. The first-order chi connectivity index (χ1) is 9.97. The van der Waals surface area contributed by atoms with Crippen molar-refractivity contribution >= 4 is 5.97 Å². The number of hydrogen-bond acceptors (Lipinski definition) is 3. The molecule has 1 fully saturated rings. The molecule has 2 rings (SSSR count). The first-order valence-electron chi connectivity index (χ1n) is 7.66. The van der Waals surface area contributed by atoms with Crippen molar-refractivity contribution in [2.75, 3.05) is 19.7 Å². The van der Waals surface area contributed by atoms with E-state index in [1.54, 1.807) is 0 Å². The zero-order chi connectivity index (χ0) is 15.4. The summed E-state index contributed by atoms with van der Waals surface area (Å²) in [5.74, 6) is 0.613. The molecule has 1 aromatic carbocycles. The number of nitrogens with zero attached hydrogens (tertiary/aromatic N) is 1. The summed E-state index contributed by atoms with van der Waals surface area (Å²) in [6.07, 6.45) is 2.21. The molecule has 0 heterocycles. The second-order valence-electron chi connectivity index (χ2n) is 6.12. The Kier molecular flexibility index (Phi) is 5.23. The molecule has 0 atom stereocenters. The average Bonchev–Trinajstić information content (AvgIpc) is 3.21. The average molecular weight is 291 g/mol. The molecule has 0 amide bonds. The first kappa shape index (κ1) is 15.8. The van der Waals surface area contributed by atoms with Gasteiger partial charge in [0.05, 0.1) is 6.54 Å². The van der Waals surface area contributed by atoms with Gasteiger partial charge in [-0.1, -0.05) is 19.9 Å². The molecule has 4 heteroatoms. The smallest absolute Gasteiger partial charge is 0.317 e. The van der Waals surface area contributed by atoms with Crippen LogP contribution in [0.15, 0.2) is 18.2 Å². The lowest BCUT2D eigenvalue weighted by Gasteiger charge is -2.20. The van der Waals surface area contributed by atoms with Crippen LogP contribution in [0.4, 0.5) is 0 Å². The van der Waals surface area contributed by atoms with Crippen LogP contribution in [0.25, 0.3) is 0 Å². The lowest BCUT2D eigenvalue weighted by Crippen LogP contribution is -2.35. The molecule has 1 aliphatic carbocycles. The van der Waals surface area contributed by atoms with Gasteiger partial charge >= 0.3 is 5.97 Å². The Bertz CT molecular complexity index is 495. The van der Waals surface area contributed by atoms with Crippen LogP contribution in [-0.2, 0) is 4.79 Å². The number of ether oxygens (including phenoxy) is 1. The summed E-state index contributed by atoms with van der Waals surface area (Å²) in [5.41, 5.74) is 2.58. The quantitative estimate of drug-likeness (QED) is 0.800. The molecule has 1 N–H and O–H groups in total. The normalized spacial score (nSPS) is 14.7. The number of aryl methyl sites for hydroxylation is 1. The van der Waals surface area contributed by atoms with E-state index in [2.05, 4.69) is 32.9 Å². The van der Waals surface area contributed by atoms with E-state index in [1.807, 2.05) is 11.0 Å². The van der Waals surface area contributed by atoms with Crippen LogP contribution < -0.4 is 4.74 Å². The van der Waals surface area contributed by atoms with Crippen molar-refractivity contribution in [1.29, 1.82) is 0 Å². The highest BCUT2D eigenvalue weighted by molar-refractivity contribution is 5.69. The number of hydrogen-bond donors (Lipinski definition) is 1. The summed E-state index contributed by atoms with van der Waals surface area (Å²) in [6.45, 7) is 7.78. The van der Waals surface area contributed by atoms with Crippen molar-refractivity contribution in [1.82, 2.24) is 4.90 Å². The van der Waals surface area contributed by atoms with Gasteiger partial charge in [0, 0.05) is 12.6 Å². The van der Waals surface area contributed by atoms with Gasteiger partial charge in [-0.2, -0.15) is 0 Å². The second kappa shape index (κ2) is 6.94. The zero-order valence-corrected chi connectivity index (χ0v) is 13.1. The van der Waals surface area contributed by atoms with Crippen LogP contribution in [0.5, 0.6) is 5.75 Å². The summed E-state index contributed by atoms with van der Waals surface area (Å²) in [4.78, 5) is 12.8. The van der Waals surface area contributed by atoms with Crippen molar-refractivity contribution in [2.45, 2.75) is 45.6 Å². The van der Waals surface area contributed by atoms with Crippen molar-refractivity contribution in [3.8, 4) is 5.75 Å². The van der Waals surface area contributed by atoms with E-state index in [-0.39, 0.29) is 6.54 Å². The second-order valence-corrected chi connectivity index (χ2v) is 6.12. The maximum absolute atomic E-state index is 10.8. The molecule has 0 radical (unpaired) electrons. The Morgan fingerprint density at radius 1 is 1.43 bits per heavy atom. The summed E-state index contributed by atoms with van der Waals surface area (Å²) >= 11 is 0. The highest BCUT2D eigenvalue weighted by Gasteiger charge is 2.29. The van der Waals surface area contributed by atoms with Gasteiger partial charge < -0.3 is 9.84 Å². The van der Waals surface area contributed by atoms with E-state index in [1.165, 1.54) is 11.1 Å². The van der Waals surface area contributed by atoms with Crippen LogP contribution in [0, 0.1) is 6.92 Å². The van der Waals surface area contributed by atoms with Crippen molar-refractivity contribution in [2.24, 2.45) is 0 Å². The molecule has 21 heavy (non-hydrogen) atoms. The highest BCUT2D eigenvalue weighted by Crippen LogP contribution is 2.27. The van der Waals surface area contributed by atoms with Gasteiger partial charge in [0.1, 0.15) is 12.4 Å². The van der Waals surface area contributed by atoms with E-state index >= 15 is 0 Å². The SMILES string of the molecule is Cc1cc(OCCN(CC(=O)O)C2CC2)ccc1C(C)C. The third-order valence-electron chi connectivity index (χ3n) is 3.91. The fraction of sp³-hybridized carbons (Fsp3) is 0.588. The zero-order valence-electron chi connectivity index (χ0n) is 13.1. The van der Waals surface area contributed by atoms with Gasteiger partial charge in [-0.05, 0) is 48.9 Å². The van der Waals surface area contributed by atoms with E-state index in [0.29, 0.717) is 25.1 Å². The third kappa shape index (κ3) is 4.74. The number of aliphatic carboxylic acids is 1. The lowest BCUT2D eigenvalue weighted by molar-refractivity contribution is -0.138. The minimum absolute atomic E-state index is 0.110. The molecule has 1 saturated carbocycles. The standard InChI is InChI=1S/C17H25NO3/c1-12(2)16-7-6-15(10-13(16)3)21-9-8-18(11-17(19)20)14-4-5-14/h6-7,10,12,14H,4-5,8-9,11H2,1-3H3,(H,19,20). The van der Waals surface area contributed by atoms with E-state index in [4.69, 9.17) is 9.84 Å². The van der Waals surface area contributed by atoms with Gasteiger partial charge in [-0.3, -0.25) is 9.69 Å². The number of carbonyl (C=O) groups is 1. The maximum Gasteiger partial charge on any atom is 0.317 e. The fourth-order valence-electron chi connectivity index (χ4n) is 2.67. The molecular weight excluding hydrogens is 266 g/mol. The molecule has 1 aromatic rings. The Balaban J connectivity index is 1.85. The number of carboxylic acids is 1. The highest BCUT2D eigenvalue weighted by atomic mass is 16.5. The first-order valence-corrected chi connectivity index (χ1v) is 7.66. The minimum atomic E-state index is -0.765. The molecular formula is C17H25NO3. The monoisotopic (exact) mass is 291 g/mol. The summed E-state index contributed by atoms with van der Waals surface area (Å²) in [6, 6.07) is 6.62. The number of rotatable bonds is 8. The number of benzene rings is 1. The third-order valence-corrected chi connectivity index (χ3v) is 3.91. The van der Waals surface area contributed by atoms with Gasteiger partial charge in [-0.15, -0.1) is 0 Å². The lowest BCUT2D eigenvalue weighted by atomic mass is 9.98. The van der Waals surface area contributed by atoms with Crippen molar-refractivity contribution in [3.05, 3.63) is 29.3 Å². The van der Waals surface area contributed by atoms with Crippen molar-refractivity contribution < 1.29 is 14.6 Å². The van der Waals surface area contributed by atoms with Gasteiger partial charge in [0.2, 0.25) is 0 Å². The predicted octanol–water partition coefficient (Wildman–Crippen LogP) is 3.05. The minimum Gasteiger partial charge on any atom is -0.492 e. The fourth-order valence-corrected chi connectivity index (χ4v) is 2.67. The molecule has 0 aliphatic heterocycles. The molecule has 0 aromatic heterocycles. The van der Waals surface area contributed by atoms with Crippen molar-refractivity contribution in [3.63, 3.8) is 0 Å². The Morgan fingerprint density at radius 3 is 2.67 bits per heavy atom. The Morgan fingerprint density at radius 2 is 2.14 bits per heavy atom. The predicted molar refractivity (Wildman–Crippen MR) is 83.0 cm³/mol. The van der Waals surface area contributed by atoms with E-state index in [0.717, 1.165) is 18.6 Å². The topological polar surface area (TPSA) is 49.8 Å². The van der Waals surface area contributed by atoms with Crippen LogP contribution in [0.1, 0.15) is 43.7 Å². The van der Waals surface area contributed by atoms with E-state index < -0.39 is 5.97 Å². The molecule has 0 saturated heterocycles. The summed E-state index contributed by atoms with van der Waals surface area (Å²) in [7, 11) is 0. The molecule has 0 spiro atoms. The Labute approximate surface area is 126 Å². The molecule has 0 bridgehead atoms. The van der Waals surface area contributed by atoms with Crippen LogP contribution in [0.3, 0.4) is 0 Å². The molecule has 0 unspecified atom stereocenters. The summed E-state index contributed by atoms with van der Waals surface area (Å²) in [5, 5.41) is 8.91. The van der Waals surface area contributed by atoms with Crippen LogP contribution >= 0.6 is 0 Å². The van der Waals surface area contributed by atoms with Gasteiger partial charge in [0.15, 0.2) is 0 Å². The molecule has 116 valence electrons. The van der Waals surface area contributed by atoms with Crippen LogP contribution in [0.2, 0.25) is 0 Å². The number of carboxylic acid groups (broad SMARTS) is 1. The molecule has 4 nitrogen and oxygen atoms in total. The molecule has 1 aliphatic rings. The van der Waals surface area contributed by atoms with Gasteiger partial charge in [-0.25, -0.2) is 0 Å². The van der Waals surface area contributed by atoms with Gasteiger partial charge in [0.25, 0.3) is 0 Å².